The summed E-state index contributed by atoms with van der Waals surface area (Å²) in [5.74, 6) is 0.899. The van der Waals surface area contributed by atoms with E-state index in [9.17, 15) is 4.79 Å². The standard InChI is InChI=1S/C18H34N4O4.HI/c1-14-5-7-18(8-6-14)25-13-15(26-18)11-20-17(19-9-10-24-4)21-12-16(23)22(2)3;/h14-15H,5-13H2,1-4H3,(H2,19,20,21);1H. The molecule has 0 radical (unpaired) electrons. The van der Waals surface area contributed by atoms with Gasteiger partial charge in [0, 0.05) is 47.1 Å². The van der Waals surface area contributed by atoms with Crippen LogP contribution in [-0.2, 0) is 19.0 Å². The van der Waals surface area contributed by atoms with Crippen molar-refractivity contribution in [2.45, 2.75) is 44.5 Å². The van der Waals surface area contributed by atoms with Gasteiger partial charge in [0.1, 0.15) is 12.6 Å². The minimum absolute atomic E-state index is 0. The lowest BCUT2D eigenvalue weighted by Gasteiger charge is -2.34. The van der Waals surface area contributed by atoms with Crippen molar-refractivity contribution >= 4 is 35.8 Å². The average molecular weight is 498 g/mol. The van der Waals surface area contributed by atoms with Crippen LogP contribution in [0.1, 0.15) is 32.6 Å². The lowest BCUT2D eigenvalue weighted by atomic mass is 9.86. The molecule has 1 atom stereocenters. The number of likely N-dealkylation sites (N-methyl/N-ethyl adjacent to an activating group) is 1. The van der Waals surface area contributed by atoms with E-state index in [1.165, 1.54) is 4.90 Å². The molecule has 2 N–H and O–H groups in total. The SMILES string of the molecule is COCCNC(=NCC(=O)N(C)C)NCC1COC2(CCC(C)CC2)O1.I. The summed E-state index contributed by atoms with van der Waals surface area (Å²) in [5, 5.41) is 6.42. The molecule has 0 aromatic heterocycles. The molecule has 1 aliphatic carbocycles. The number of methoxy groups -OCH3 is 1. The maximum absolute atomic E-state index is 11.8. The van der Waals surface area contributed by atoms with Crippen LogP contribution in [0.2, 0.25) is 0 Å². The van der Waals surface area contributed by atoms with E-state index in [0.29, 0.717) is 32.3 Å². The fourth-order valence-corrected chi connectivity index (χ4v) is 3.13. The molecule has 158 valence electrons. The Morgan fingerprint density at radius 1 is 1.30 bits per heavy atom. The fourth-order valence-electron chi connectivity index (χ4n) is 3.13. The van der Waals surface area contributed by atoms with Gasteiger partial charge in [-0.15, -0.1) is 24.0 Å². The van der Waals surface area contributed by atoms with Gasteiger partial charge >= 0.3 is 0 Å². The predicted octanol–water partition coefficient (Wildman–Crippen LogP) is 1.20. The summed E-state index contributed by atoms with van der Waals surface area (Å²) in [6.07, 6.45) is 4.22. The van der Waals surface area contributed by atoms with Crippen LogP contribution in [0.5, 0.6) is 0 Å². The zero-order valence-electron chi connectivity index (χ0n) is 17.0. The van der Waals surface area contributed by atoms with E-state index in [2.05, 4.69) is 22.5 Å². The van der Waals surface area contributed by atoms with Gasteiger partial charge < -0.3 is 29.7 Å². The van der Waals surface area contributed by atoms with E-state index in [1.54, 1.807) is 21.2 Å². The van der Waals surface area contributed by atoms with Crippen LogP contribution in [0.25, 0.3) is 0 Å². The Labute approximate surface area is 179 Å². The van der Waals surface area contributed by atoms with Crippen molar-refractivity contribution in [1.29, 1.82) is 0 Å². The number of rotatable bonds is 7. The second-order valence-electron chi connectivity index (χ2n) is 7.40. The van der Waals surface area contributed by atoms with Crippen LogP contribution >= 0.6 is 24.0 Å². The normalized spacial score (nSPS) is 27.9. The summed E-state index contributed by atoms with van der Waals surface area (Å²) >= 11 is 0. The molecule has 1 saturated carbocycles. The molecule has 0 aromatic rings. The number of amides is 1. The zero-order chi connectivity index (χ0) is 19.0. The third-order valence-electron chi connectivity index (χ3n) is 4.92. The van der Waals surface area contributed by atoms with Crippen LogP contribution in [0.3, 0.4) is 0 Å². The van der Waals surface area contributed by atoms with E-state index in [0.717, 1.165) is 31.6 Å². The topological polar surface area (TPSA) is 84.4 Å². The van der Waals surface area contributed by atoms with Crippen molar-refractivity contribution in [3.8, 4) is 0 Å². The number of hydrogen-bond donors (Lipinski definition) is 2. The first-order valence-electron chi connectivity index (χ1n) is 9.47. The monoisotopic (exact) mass is 498 g/mol. The number of guanidine groups is 1. The minimum atomic E-state index is -0.388. The van der Waals surface area contributed by atoms with Crippen LogP contribution in [0.15, 0.2) is 4.99 Å². The Kier molecular flexibility index (Phi) is 10.9. The third kappa shape index (κ3) is 8.08. The van der Waals surface area contributed by atoms with Crippen LogP contribution in [0, 0.1) is 5.92 Å². The molecule has 1 heterocycles. The number of halogens is 1. The molecule has 1 amide bonds. The van der Waals surface area contributed by atoms with Gasteiger partial charge in [0.15, 0.2) is 11.7 Å². The Morgan fingerprint density at radius 2 is 2.00 bits per heavy atom. The molecule has 1 aliphatic heterocycles. The second kappa shape index (κ2) is 12.0. The zero-order valence-corrected chi connectivity index (χ0v) is 19.3. The van der Waals surface area contributed by atoms with Gasteiger partial charge in [-0.25, -0.2) is 4.99 Å². The molecule has 1 spiro atoms. The van der Waals surface area contributed by atoms with Gasteiger partial charge in [0.2, 0.25) is 5.91 Å². The second-order valence-corrected chi connectivity index (χ2v) is 7.40. The summed E-state index contributed by atoms with van der Waals surface area (Å²) in [6, 6.07) is 0. The van der Waals surface area contributed by atoms with E-state index < -0.39 is 0 Å². The molecule has 27 heavy (non-hydrogen) atoms. The lowest BCUT2D eigenvalue weighted by molar-refractivity contribution is -0.191. The van der Waals surface area contributed by atoms with Crippen LogP contribution in [-0.4, -0.2) is 82.7 Å². The number of hydrogen-bond acceptors (Lipinski definition) is 5. The van der Waals surface area contributed by atoms with Crippen LogP contribution in [0.4, 0.5) is 0 Å². The minimum Gasteiger partial charge on any atom is -0.383 e. The van der Waals surface area contributed by atoms with Crippen molar-refractivity contribution in [1.82, 2.24) is 15.5 Å². The van der Waals surface area contributed by atoms with Gasteiger partial charge in [-0.05, 0) is 18.8 Å². The number of nitrogens with one attached hydrogen (secondary N) is 2. The average Bonchev–Trinajstić information content (AvgIpc) is 3.02. The van der Waals surface area contributed by atoms with Crippen molar-refractivity contribution in [2.24, 2.45) is 10.9 Å². The molecule has 2 fully saturated rings. The van der Waals surface area contributed by atoms with E-state index in [-0.39, 0.29) is 48.3 Å². The summed E-state index contributed by atoms with van der Waals surface area (Å²) in [5.41, 5.74) is 0. The third-order valence-corrected chi connectivity index (χ3v) is 4.92. The number of aliphatic imine (C=N–C) groups is 1. The molecular weight excluding hydrogens is 463 g/mol. The number of nitrogens with zero attached hydrogens (tertiary/aromatic N) is 2. The smallest absolute Gasteiger partial charge is 0.243 e. The van der Waals surface area contributed by atoms with E-state index >= 15 is 0 Å². The van der Waals surface area contributed by atoms with Crippen molar-refractivity contribution in [3.05, 3.63) is 0 Å². The lowest BCUT2D eigenvalue weighted by Crippen LogP contribution is -2.44. The first-order chi connectivity index (χ1) is 12.4. The summed E-state index contributed by atoms with van der Waals surface area (Å²) in [6.45, 7) is 4.73. The number of carbonyl (C=O) groups excluding carboxylic acids is 1. The maximum Gasteiger partial charge on any atom is 0.243 e. The molecule has 1 unspecified atom stereocenters. The highest BCUT2D eigenvalue weighted by Crippen LogP contribution is 2.39. The molecule has 2 aliphatic rings. The molecule has 0 aromatic carbocycles. The van der Waals surface area contributed by atoms with E-state index in [1.807, 2.05) is 0 Å². The largest absolute Gasteiger partial charge is 0.383 e. The summed E-state index contributed by atoms with van der Waals surface area (Å²) < 4.78 is 17.3. The number of ether oxygens (including phenoxy) is 3. The fraction of sp³-hybridized carbons (Fsp3) is 0.889. The molecule has 2 rings (SSSR count). The molecular formula is C18H35IN4O4. The van der Waals surface area contributed by atoms with Gasteiger partial charge in [0.25, 0.3) is 0 Å². The van der Waals surface area contributed by atoms with Crippen molar-refractivity contribution in [2.75, 3.05) is 54.1 Å². The summed E-state index contributed by atoms with van der Waals surface area (Å²) in [4.78, 5) is 17.6. The highest BCUT2D eigenvalue weighted by atomic mass is 127. The molecule has 8 nitrogen and oxygen atoms in total. The van der Waals surface area contributed by atoms with Crippen molar-refractivity contribution in [3.63, 3.8) is 0 Å². The Hall–Kier alpha value is -0.650. The predicted molar refractivity (Wildman–Crippen MR) is 115 cm³/mol. The van der Waals surface area contributed by atoms with Gasteiger partial charge in [-0.2, -0.15) is 0 Å². The Morgan fingerprint density at radius 3 is 2.63 bits per heavy atom. The summed E-state index contributed by atoms with van der Waals surface area (Å²) in [7, 11) is 5.09. The van der Waals surface area contributed by atoms with Gasteiger partial charge in [-0.1, -0.05) is 6.92 Å². The van der Waals surface area contributed by atoms with Gasteiger partial charge in [-0.3, -0.25) is 4.79 Å². The van der Waals surface area contributed by atoms with Gasteiger partial charge in [0.05, 0.1) is 13.2 Å². The highest BCUT2D eigenvalue weighted by molar-refractivity contribution is 14.0. The van der Waals surface area contributed by atoms with Crippen LogP contribution < -0.4 is 10.6 Å². The Bertz CT molecular complexity index is 482. The maximum atomic E-state index is 11.8. The first kappa shape index (κ1) is 24.4. The van der Waals surface area contributed by atoms with Crippen molar-refractivity contribution < 1.29 is 19.0 Å². The highest BCUT2D eigenvalue weighted by Gasteiger charge is 2.43. The first-order valence-corrected chi connectivity index (χ1v) is 9.47. The quantitative estimate of drug-likeness (QED) is 0.238. The molecule has 9 heteroatoms. The molecule has 1 saturated heterocycles. The van der Waals surface area contributed by atoms with E-state index in [4.69, 9.17) is 14.2 Å². The molecule has 0 bridgehead atoms. The Balaban J connectivity index is 0.00000364. The number of carbonyl (C=O) groups is 1.